The second-order valence-electron chi connectivity index (χ2n) is 10.7. The van der Waals surface area contributed by atoms with Crippen LogP contribution in [0, 0.1) is 0 Å². The van der Waals surface area contributed by atoms with Crippen molar-refractivity contribution in [1.29, 1.82) is 0 Å². The predicted molar refractivity (Wildman–Crippen MR) is 147 cm³/mol. The van der Waals surface area contributed by atoms with Crippen LogP contribution >= 0.6 is 11.3 Å². The number of thiazole rings is 1. The number of hydrogen-bond acceptors (Lipinski definition) is 4. The van der Waals surface area contributed by atoms with Gasteiger partial charge in [0, 0.05) is 36.0 Å². The third-order valence-electron chi connectivity index (χ3n) is 6.28. The molecule has 0 radical (unpaired) electrons. The van der Waals surface area contributed by atoms with Gasteiger partial charge >= 0.3 is 18.5 Å². The highest BCUT2D eigenvalue weighted by Gasteiger charge is 2.37. The van der Waals surface area contributed by atoms with Crippen molar-refractivity contribution < 1.29 is 39.5 Å². The highest BCUT2D eigenvalue weighted by molar-refractivity contribution is 7.12. The SMILES string of the molecule is CCc1sc(C(C)(C)C)nc1-c1ccc(C(F)(F)F)cc1CN(Cc1cc(C(F)(F)F)cc(C(F)(F)F)c1)/C(N)=N/NC. The third kappa shape index (κ3) is 8.33. The minimum Gasteiger partial charge on any atom is -0.368 e. The summed E-state index contributed by atoms with van der Waals surface area (Å²) in [5.74, 6) is -0.374. The number of nitrogens with two attached hydrogens (primary N) is 1. The molecule has 0 bridgehead atoms. The van der Waals surface area contributed by atoms with Crippen molar-refractivity contribution in [3.63, 3.8) is 0 Å². The van der Waals surface area contributed by atoms with Gasteiger partial charge in [-0.25, -0.2) is 4.98 Å². The second kappa shape index (κ2) is 12.2. The van der Waals surface area contributed by atoms with Crippen molar-refractivity contribution >= 4 is 17.3 Å². The number of aryl methyl sites for hydroxylation is 1. The smallest absolute Gasteiger partial charge is 0.368 e. The lowest BCUT2D eigenvalue weighted by atomic mass is 9.97. The van der Waals surface area contributed by atoms with Crippen LogP contribution in [-0.2, 0) is 43.5 Å². The quantitative estimate of drug-likeness (QED) is 0.119. The minimum atomic E-state index is -5.09. The zero-order valence-electron chi connectivity index (χ0n) is 23.8. The molecule has 0 saturated carbocycles. The van der Waals surface area contributed by atoms with E-state index >= 15 is 0 Å². The molecule has 0 aliphatic rings. The average molecular weight is 640 g/mol. The molecule has 0 amide bonds. The van der Waals surface area contributed by atoms with Gasteiger partial charge in [0.05, 0.1) is 27.4 Å². The van der Waals surface area contributed by atoms with E-state index in [0.717, 1.165) is 26.9 Å². The van der Waals surface area contributed by atoms with E-state index in [2.05, 4.69) is 10.5 Å². The van der Waals surface area contributed by atoms with Gasteiger partial charge in [-0.2, -0.15) is 39.5 Å². The van der Waals surface area contributed by atoms with Gasteiger partial charge in [-0.05, 0) is 47.9 Å². The van der Waals surface area contributed by atoms with Crippen LogP contribution in [0.15, 0.2) is 41.5 Å². The fraction of sp³-hybridized carbons (Fsp3) is 0.429. The van der Waals surface area contributed by atoms with Crippen molar-refractivity contribution in [1.82, 2.24) is 15.3 Å². The molecule has 0 spiro atoms. The highest BCUT2D eigenvalue weighted by Crippen LogP contribution is 2.40. The van der Waals surface area contributed by atoms with Crippen LogP contribution in [0.3, 0.4) is 0 Å². The van der Waals surface area contributed by atoms with Crippen LogP contribution in [-0.4, -0.2) is 22.9 Å². The van der Waals surface area contributed by atoms with Gasteiger partial charge in [-0.15, -0.1) is 16.4 Å². The average Bonchev–Trinajstić information content (AvgIpc) is 3.32. The Morgan fingerprint density at radius 2 is 1.42 bits per heavy atom. The molecule has 2 aromatic carbocycles. The van der Waals surface area contributed by atoms with E-state index in [0.29, 0.717) is 29.8 Å². The van der Waals surface area contributed by atoms with Gasteiger partial charge < -0.3 is 16.1 Å². The number of benzene rings is 2. The molecule has 0 unspecified atom stereocenters. The number of alkyl halides is 9. The van der Waals surface area contributed by atoms with Crippen molar-refractivity contribution in [3.8, 4) is 11.3 Å². The van der Waals surface area contributed by atoms with Gasteiger partial charge in [-0.3, -0.25) is 0 Å². The Hall–Kier alpha value is -3.49. The maximum Gasteiger partial charge on any atom is 0.416 e. The summed E-state index contributed by atoms with van der Waals surface area (Å²) in [5.41, 5.74) is 4.35. The van der Waals surface area contributed by atoms with Gasteiger partial charge in [-0.1, -0.05) is 33.8 Å². The number of guanidine groups is 1. The van der Waals surface area contributed by atoms with Crippen LogP contribution in [0.5, 0.6) is 0 Å². The van der Waals surface area contributed by atoms with Crippen LogP contribution in [0.25, 0.3) is 11.3 Å². The first kappa shape index (κ1) is 34.0. The van der Waals surface area contributed by atoms with Crippen LogP contribution in [0.1, 0.15) is 65.4 Å². The summed E-state index contributed by atoms with van der Waals surface area (Å²) >= 11 is 1.40. The Morgan fingerprint density at radius 3 is 1.88 bits per heavy atom. The molecule has 3 rings (SSSR count). The molecular weight excluding hydrogens is 609 g/mol. The molecule has 15 heteroatoms. The molecule has 0 atom stereocenters. The molecule has 1 heterocycles. The summed E-state index contributed by atoms with van der Waals surface area (Å²) in [5, 5.41) is 4.53. The van der Waals surface area contributed by atoms with Crippen molar-refractivity contribution in [2.45, 2.75) is 71.1 Å². The highest BCUT2D eigenvalue weighted by atomic mass is 32.1. The Labute approximate surface area is 246 Å². The molecule has 0 aliphatic heterocycles. The van der Waals surface area contributed by atoms with Crippen molar-refractivity contribution in [2.24, 2.45) is 10.8 Å². The van der Waals surface area contributed by atoms with Gasteiger partial charge in [0.25, 0.3) is 0 Å². The zero-order chi connectivity index (χ0) is 32.5. The van der Waals surface area contributed by atoms with Gasteiger partial charge in [0.1, 0.15) is 0 Å². The largest absolute Gasteiger partial charge is 0.416 e. The van der Waals surface area contributed by atoms with E-state index in [1.165, 1.54) is 24.5 Å². The Kier molecular flexibility index (Phi) is 9.69. The Balaban J connectivity index is 2.21. The Morgan fingerprint density at radius 1 is 0.860 bits per heavy atom. The summed E-state index contributed by atoms with van der Waals surface area (Å²) in [6, 6.07) is 4.09. The fourth-order valence-electron chi connectivity index (χ4n) is 4.19. The number of hydrogen-bond donors (Lipinski definition) is 2. The lowest BCUT2D eigenvalue weighted by Gasteiger charge is -2.26. The zero-order valence-corrected chi connectivity index (χ0v) is 24.6. The van der Waals surface area contributed by atoms with Crippen LogP contribution < -0.4 is 11.2 Å². The molecule has 5 nitrogen and oxygen atoms in total. The van der Waals surface area contributed by atoms with Crippen molar-refractivity contribution in [2.75, 3.05) is 7.05 Å². The number of rotatable bonds is 7. The number of halogens is 9. The fourth-order valence-corrected chi connectivity index (χ4v) is 5.27. The molecule has 3 N–H and O–H groups in total. The molecule has 236 valence electrons. The maximum atomic E-state index is 13.8. The molecule has 0 aliphatic carbocycles. The topological polar surface area (TPSA) is 66.5 Å². The first-order valence-corrected chi connectivity index (χ1v) is 13.7. The number of hydrazone groups is 1. The first-order valence-electron chi connectivity index (χ1n) is 12.9. The standard InChI is InChI=1S/C28H30F9N5S/c1-6-21-22(40-23(43-21)25(2,3)4)20-8-7-17(26(29,30)31)11-16(20)14-42(24(38)41-39-5)13-15-9-18(27(32,33)34)12-19(10-15)28(35,36)37/h7-12,39H,6,13-14H2,1-5H3,(H2,38,41). The summed E-state index contributed by atoms with van der Waals surface area (Å²) in [6.45, 7) is 6.59. The van der Waals surface area contributed by atoms with E-state index in [-0.39, 0.29) is 23.0 Å². The molecular formula is C28H30F9N5S. The molecule has 0 fully saturated rings. The van der Waals surface area contributed by atoms with Crippen LogP contribution in [0.4, 0.5) is 39.5 Å². The van der Waals surface area contributed by atoms with E-state index in [4.69, 9.17) is 10.7 Å². The second-order valence-corrected chi connectivity index (χ2v) is 11.8. The van der Waals surface area contributed by atoms with Gasteiger partial charge in [0.15, 0.2) is 0 Å². The molecule has 3 aromatic rings. The summed E-state index contributed by atoms with van der Waals surface area (Å²) in [6.07, 6.45) is -14.4. The van der Waals surface area contributed by atoms with E-state index < -0.39 is 53.9 Å². The van der Waals surface area contributed by atoms with Gasteiger partial charge in [0.2, 0.25) is 5.96 Å². The van der Waals surface area contributed by atoms with Crippen LogP contribution in [0.2, 0.25) is 0 Å². The Bertz CT molecular complexity index is 1430. The molecule has 0 saturated heterocycles. The number of aromatic nitrogens is 1. The summed E-state index contributed by atoms with van der Waals surface area (Å²) < 4.78 is 122. The van der Waals surface area contributed by atoms with Crippen molar-refractivity contribution in [3.05, 3.63) is 74.1 Å². The molecule has 1 aromatic heterocycles. The summed E-state index contributed by atoms with van der Waals surface area (Å²) in [7, 11) is 1.35. The first-order chi connectivity index (χ1) is 19.6. The lowest BCUT2D eigenvalue weighted by Crippen LogP contribution is -2.38. The predicted octanol–water partition coefficient (Wildman–Crippen LogP) is 8.18. The third-order valence-corrected chi connectivity index (χ3v) is 7.91. The minimum absolute atomic E-state index is 0.00881. The monoisotopic (exact) mass is 639 g/mol. The normalized spacial score (nSPS) is 13.4. The lowest BCUT2D eigenvalue weighted by molar-refractivity contribution is -0.143. The maximum absolute atomic E-state index is 13.8. The van der Waals surface area contributed by atoms with E-state index in [9.17, 15) is 39.5 Å². The summed E-state index contributed by atoms with van der Waals surface area (Å²) in [4.78, 5) is 6.60. The van der Waals surface area contributed by atoms with E-state index in [1.54, 1.807) is 0 Å². The van der Waals surface area contributed by atoms with E-state index in [1.807, 2.05) is 27.7 Å². The molecule has 43 heavy (non-hydrogen) atoms. The number of nitrogens with zero attached hydrogens (tertiary/aromatic N) is 3. The number of nitrogens with one attached hydrogen (secondary N) is 1.